The second kappa shape index (κ2) is 8.74. The number of carbonyl (C=O) groups is 1. The first kappa shape index (κ1) is 20.8. The largest absolute Gasteiger partial charge is 0.337 e. The molecule has 0 fully saturated rings. The summed E-state index contributed by atoms with van der Waals surface area (Å²) in [6, 6.07) is 17.0. The van der Waals surface area contributed by atoms with Crippen molar-refractivity contribution in [2.24, 2.45) is 0 Å². The number of hydrogen-bond acceptors (Lipinski definition) is 4. The maximum Gasteiger partial charge on any atom is 0.247 e. The van der Waals surface area contributed by atoms with E-state index in [4.69, 9.17) is 16.1 Å². The van der Waals surface area contributed by atoms with Gasteiger partial charge in [0.2, 0.25) is 11.8 Å². The van der Waals surface area contributed by atoms with Gasteiger partial charge in [-0.15, -0.1) is 0 Å². The zero-order valence-corrected chi connectivity index (χ0v) is 18.3. The molecule has 2 aromatic heterocycles. The fourth-order valence-electron chi connectivity index (χ4n) is 3.55. The van der Waals surface area contributed by atoms with E-state index in [0.717, 1.165) is 27.8 Å². The molecule has 0 saturated carbocycles. The second-order valence-electron chi connectivity index (χ2n) is 7.23. The molecule has 6 heteroatoms. The van der Waals surface area contributed by atoms with Crippen LogP contribution < -0.4 is 4.90 Å². The van der Waals surface area contributed by atoms with Crippen molar-refractivity contribution >= 4 is 29.1 Å². The van der Waals surface area contributed by atoms with E-state index in [9.17, 15) is 4.79 Å². The van der Waals surface area contributed by atoms with E-state index >= 15 is 0 Å². The van der Waals surface area contributed by atoms with Gasteiger partial charge in [0.15, 0.2) is 0 Å². The van der Waals surface area contributed by atoms with Crippen molar-refractivity contribution in [2.45, 2.75) is 27.2 Å². The summed E-state index contributed by atoms with van der Waals surface area (Å²) < 4.78 is 5.87. The van der Waals surface area contributed by atoms with E-state index in [1.54, 1.807) is 31.5 Å². The van der Waals surface area contributed by atoms with Crippen LogP contribution in [0.5, 0.6) is 0 Å². The molecule has 4 rings (SSSR count). The highest BCUT2D eigenvalue weighted by atomic mass is 35.5. The number of anilines is 2. The highest BCUT2D eigenvalue weighted by Crippen LogP contribution is 2.44. The van der Waals surface area contributed by atoms with Gasteiger partial charge >= 0.3 is 0 Å². The molecule has 0 N–H and O–H groups in total. The van der Waals surface area contributed by atoms with Crippen LogP contribution >= 0.6 is 11.6 Å². The van der Waals surface area contributed by atoms with Gasteiger partial charge in [-0.1, -0.05) is 54.0 Å². The molecule has 0 spiro atoms. The molecule has 0 aliphatic heterocycles. The van der Waals surface area contributed by atoms with Gasteiger partial charge in [-0.2, -0.15) is 0 Å². The minimum Gasteiger partial charge on any atom is -0.337 e. The minimum atomic E-state index is -0.146. The van der Waals surface area contributed by atoms with Crippen molar-refractivity contribution in [1.82, 2.24) is 10.1 Å². The fourth-order valence-corrected chi connectivity index (χ4v) is 3.77. The summed E-state index contributed by atoms with van der Waals surface area (Å²) in [5.41, 5.74) is 5.99. The average molecular weight is 432 g/mol. The number of aryl methyl sites for hydroxylation is 1. The monoisotopic (exact) mass is 431 g/mol. The molecule has 0 saturated heterocycles. The Balaban J connectivity index is 2.02. The molecule has 0 unspecified atom stereocenters. The number of benzene rings is 2. The first-order chi connectivity index (χ1) is 15.0. The third-order valence-corrected chi connectivity index (χ3v) is 5.67. The predicted octanol–water partition coefficient (Wildman–Crippen LogP) is 6.75. The zero-order valence-electron chi connectivity index (χ0n) is 17.6. The topological polar surface area (TPSA) is 59.2 Å². The van der Waals surface area contributed by atoms with Crippen LogP contribution in [0.2, 0.25) is 5.02 Å². The Labute approximate surface area is 186 Å². The van der Waals surface area contributed by atoms with Crippen molar-refractivity contribution in [1.29, 1.82) is 0 Å². The van der Waals surface area contributed by atoms with Crippen LogP contribution in [0.25, 0.3) is 22.4 Å². The molecular formula is C25H22ClN3O2. The highest BCUT2D eigenvalue weighted by Gasteiger charge is 2.30. The molecule has 31 heavy (non-hydrogen) atoms. The van der Waals surface area contributed by atoms with E-state index in [0.29, 0.717) is 22.3 Å². The number of halogens is 1. The van der Waals surface area contributed by atoms with Crippen LogP contribution in [-0.2, 0) is 4.79 Å². The van der Waals surface area contributed by atoms with E-state index in [-0.39, 0.29) is 12.3 Å². The van der Waals surface area contributed by atoms with Crippen LogP contribution in [0.4, 0.5) is 11.6 Å². The number of rotatable bonds is 5. The molecular weight excluding hydrogens is 410 g/mol. The lowest BCUT2D eigenvalue weighted by atomic mass is 9.96. The Bertz CT molecular complexity index is 1230. The van der Waals surface area contributed by atoms with Gasteiger partial charge in [0, 0.05) is 24.4 Å². The number of carbonyl (C=O) groups excluding carboxylic acids is 1. The lowest BCUT2D eigenvalue weighted by Crippen LogP contribution is -2.25. The van der Waals surface area contributed by atoms with Crippen molar-refractivity contribution in [3.8, 4) is 22.4 Å². The lowest BCUT2D eigenvalue weighted by molar-refractivity contribution is -0.117. The van der Waals surface area contributed by atoms with Crippen LogP contribution in [0.1, 0.15) is 24.5 Å². The molecule has 2 aromatic carbocycles. The van der Waals surface area contributed by atoms with Crippen LogP contribution in [0, 0.1) is 13.8 Å². The zero-order chi connectivity index (χ0) is 22.0. The fraction of sp³-hybridized carbons (Fsp3) is 0.160. The van der Waals surface area contributed by atoms with Gasteiger partial charge in [-0.3, -0.25) is 9.78 Å². The maximum absolute atomic E-state index is 13.1. The second-order valence-corrected chi connectivity index (χ2v) is 7.64. The first-order valence-corrected chi connectivity index (χ1v) is 10.4. The predicted molar refractivity (Wildman–Crippen MR) is 124 cm³/mol. The third kappa shape index (κ3) is 3.84. The SMILES string of the molecule is CCC(=O)N(c1ccccc1Cl)c1onc(-c2cccc(C)c2C)c1-c1ccncc1. The molecule has 4 aromatic rings. The van der Waals surface area contributed by atoms with E-state index in [1.807, 2.05) is 36.4 Å². The molecule has 2 heterocycles. The number of amides is 1. The molecule has 0 atom stereocenters. The summed E-state index contributed by atoms with van der Waals surface area (Å²) >= 11 is 6.47. The summed E-state index contributed by atoms with van der Waals surface area (Å²) in [6.07, 6.45) is 3.70. The number of nitrogens with zero attached hydrogens (tertiary/aromatic N) is 3. The minimum absolute atomic E-state index is 0.146. The average Bonchev–Trinajstić information content (AvgIpc) is 3.22. The Hall–Kier alpha value is -3.44. The van der Waals surface area contributed by atoms with Gasteiger partial charge in [-0.25, -0.2) is 4.90 Å². The van der Waals surface area contributed by atoms with Gasteiger partial charge < -0.3 is 4.52 Å². The van der Waals surface area contributed by atoms with Gasteiger partial charge in [0.05, 0.1) is 16.3 Å². The molecule has 0 aliphatic rings. The first-order valence-electron chi connectivity index (χ1n) is 10.1. The summed E-state index contributed by atoms with van der Waals surface area (Å²) in [6.45, 7) is 5.92. The van der Waals surface area contributed by atoms with Gasteiger partial charge in [-0.05, 0) is 54.8 Å². The Morgan fingerprint density at radius 3 is 2.48 bits per heavy atom. The Morgan fingerprint density at radius 2 is 1.77 bits per heavy atom. The van der Waals surface area contributed by atoms with Gasteiger partial charge in [0.1, 0.15) is 5.69 Å². The molecule has 5 nitrogen and oxygen atoms in total. The number of hydrogen-bond donors (Lipinski definition) is 0. The van der Waals surface area contributed by atoms with Crippen molar-refractivity contribution in [3.05, 3.63) is 83.1 Å². The van der Waals surface area contributed by atoms with Crippen molar-refractivity contribution in [2.75, 3.05) is 4.90 Å². The van der Waals surface area contributed by atoms with Crippen molar-refractivity contribution in [3.63, 3.8) is 0 Å². The Kier molecular flexibility index (Phi) is 5.87. The van der Waals surface area contributed by atoms with Crippen LogP contribution in [0.3, 0.4) is 0 Å². The summed E-state index contributed by atoms with van der Waals surface area (Å²) in [5, 5.41) is 4.88. The van der Waals surface area contributed by atoms with Crippen LogP contribution in [0.15, 0.2) is 71.5 Å². The summed E-state index contributed by atoms with van der Waals surface area (Å²) in [5.74, 6) is 0.189. The number of aromatic nitrogens is 2. The highest BCUT2D eigenvalue weighted by molar-refractivity contribution is 6.34. The third-order valence-electron chi connectivity index (χ3n) is 5.35. The maximum atomic E-state index is 13.1. The molecule has 0 radical (unpaired) electrons. The van der Waals surface area contributed by atoms with Crippen LogP contribution in [-0.4, -0.2) is 16.0 Å². The number of pyridine rings is 1. The Morgan fingerprint density at radius 1 is 1.03 bits per heavy atom. The molecule has 156 valence electrons. The lowest BCUT2D eigenvalue weighted by Gasteiger charge is -2.21. The van der Waals surface area contributed by atoms with E-state index in [2.05, 4.69) is 30.1 Å². The smallest absolute Gasteiger partial charge is 0.247 e. The standard InChI is InChI=1S/C25H22ClN3O2/c1-4-22(30)29(21-11-6-5-10-20(21)26)25-23(18-12-14-27-15-13-18)24(28-31-25)19-9-7-8-16(2)17(19)3/h5-15H,4H2,1-3H3. The summed E-state index contributed by atoms with van der Waals surface area (Å²) in [7, 11) is 0. The quantitative estimate of drug-likeness (QED) is 0.350. The molecule has 0 aliphatic carbocycles. The summed E-state index contributed by atoms with van der Waals surface area (Å²) in [4.78, 5) is 18.7. The normalized spacial score (nSPS) is 10.8. The molecule has 1 amide bonds. The van der Waals surface area contributed by atoms with Crippen molar-refractivity contribution < 1.29 is 9.32 Å². The van der Waals surface area contributed by atoms with Gasteiger partial charge in [0.25, 0.3) is 0 Å². The van der Waals surface area contributed by atoms with E-state index in [1.165, 1.54) is 4.90 Å². The van der Waals surface area contributed by atoms with E-state index < -0.39 is 0 Å². The number of para-hydroxylation sites is 1. The molecule has 0 bridgehead atoms.